The second kappa shape index (κ2) is 6.12. The number of urea groups is 1. The van der Waals surface area contributed by atoms with E-state index in [-0.39, 0.29) is 17.4 Å². The van der Waals surface area contributed by atoms with E-state index in [9.17, 15) is 9.59 Å². The summed E-state index contributed by atoms with van der Waals surface area (Å²) in [6.07, 6.45) is 0. The van der Waals surface area contributed by atoms with Gasteiger partial charge in [-0.2, -0.15) is 9.98 Å². The van der Waals surface area contributed by atoms with Crippen molar-refractivity contribution in [2.45, 2.75) is 6.61 Å². The molecule has 0 radical (unpaired) electrons. The molecule has 0 saturated carbocycles. The van der Waals surface area contributed by atoms with Crippen molar-refractivity contribution in [2.24, 2.45) is 15.0 Å². The van der Waals surface area contributed by atoms with Gasteiger partial charge < -0.3 is 4.74 Å². The highest BCUT2D eigenvalue weighted by atomic mass is 16.5. The van der Waals surface area contributed by atoms with Crippen LogP contribution < -0.4 is 10.1 Å². The molecule has 0 spiro atoms. The van der Waals surface area contributed by atoms with Crippen molar-refractivity contribution in [3.63, 3.8) is 0 Å². The Morgan fingerprint density at radius 2 is 1.64 bits per heavy atom. The number of rotatable bonds is 4. The van der Waals surface area contributed by atoms with E-state index in [1.165, 1.54) is 0 Å². The lowest BCUT2D eigenvalue weighted by molar-refractivity contribution is -0.111. The summed E-state index contributed by atoms with van der Waals surface area (Å²) in [6, 6.07) is 16.3. The highest BCUT2D eigenvalue weighted by Gasteiger charge is 2.32. The van der Waals surface area contributed by atoms with E-state index in [1.54, 1.807) is 18.2 Å². The SMILES string of the molecule is O=C1N=C2C(=O)N=C(c3ccccc3OCc3ccccc3)N=C2N1. The maximum atomic E-state index is 12.1. The van der Waals surface area contributed by atoms with E-state index in [4.69, 9.17) is 4.74 Å². The Kier molecular flexibility index (Phi) is 3.66. The van der Waals surface area contributed by atoms with Gasteiger partial charge in [0.25, 0.3) is 0 Å². The van der Waals surface area contributed by atoms with Gasteiger partial charge in [0.15, 0.2) is 17.4 Å². The van der Waals surface area contributed by atoms with Crippen LogP contribution in [0.5, 0.6) is 5.75 Å². The van der Waals surface area contributed by atoms with Gasteiger partial charge >= 0.3 is 11.9 Å². The van der Waals surface area contributed by atoms with Crippen molar-refractivity contribution < 1.29 is 14.3 Å². The summed E-state index contributed by atoms with van der Waals surface area (Å²) in [5.74, 6) is 0.255. The summed E-state index contributed by atoms with van der Waals surface area (Å²) in [5.41, 5.74) is 1.53. The molecule has 0 fully saturated rings. The molecule has 0 bridgehead atoms. The minimum absolute atomic E-state index is 0.0589. The first-order valence-electron chi connectivity index (χ1n) is 7.58. The van der Waals surface area contributed by atoms with Crippen LogP contribution in [-0.2, 0) is 11.4 Å². The smallest absolute Gasteiger partial charge is 0.347 e. The van der Waals surface area contributed by atoms with Crippen molar-refractivity contribution >= 4 is 29.3 Å². The molecule has 4 rings (SSSR count). The van der Waals surface area contributed by atoms with Crippen LogP contribution in [0.3, 0.4) is 0 Å². The van der Waals surface area contributed by atoms with Gasteiger partial charge in [-0.3, -0.25) is 10.1 Å². The summed E-state index contributed by atoms with van der Waals surface area (Å²) in [5, 5.41) is 2.43. The van der Waals surface area contributed by atoms with Crippen molar-refractivity contribution in [3.05, 3.63) is 65.7 Å². The molecular weight excluding hydrogens is 320 g/mol. The molecule has 2 aliphatic rings. The third-order valence-corrected chi connectivity index (χ3v) is 3.66. The lowest BCUT2D eigenvalue weighted by atomic mass is 10.1. The lowest BCUT2D eigenvalue weighted by Gasteiger charge is -2.13. The Morgan fingerprint density at radius 1 is 0.880 bits per heavy atom. The number of ether oxygens (including phenoxy) is 1. The number of carbonyl (C=O) groups excluding carboxylic acids is 2. The molecule has 2 aliphatic heterocycles. The number of nitrogens with one attached hydrogen (secondary N) is 1. The Morgan fingerprint density at radius 3 is 2.48 bits per heavy atom. The molecule has 0 unspecified atom stereocenters. The number of hydrogen-bond acceptors (Lipinski definition) is 4. The fourth-order valence-corrected chi connectivity index (χ4v) is 2.49. The van der Waals surface area contributed by atoms with Crippen LogP contribution in [0, 0.1) is 0 Å². The van der Waals surface area contributed by atoms with E-state index in [1.807, 2.05) is 36.4 Å². The summed E-state index contributed by atoms with van der Waals surface area (Å²) >= 11 is 0. The molecular formula is C18H12N4O3. The number of fused-ring (bicyclic) bond motifs is 1. The van der Waals surface area contributed by atoms with Gasteiger partial charge in [0.2, 0.25) is 0 Å². The summed E-state index contributed by atoms with van der Waals surface area (Å²) in [4.78, 5) is 35.1. The molecule has 7 heteroatoms. The Hall–Kier alpha value is -3.61. The molecule has 0 atom stereocenters. The number of aliphatic imine (C=N–C) groups is 3. The van der Waals surface area contributed by atoms with Gasteiger partial charge in [-0.1, -0.05) is 42.5 Å². The fourth-order valence-electron chi connectivity index (χ4n) is 2.49. The van der Waals surface area contributed by atoms with Gasteiger partial charge in [-0.05, 0) is 17.7 Å². The van der Waals surface area contributed by atoms with Gasteiger partial charge in [-0.15, -0.1) is 0 Å². The van der Waals surface area contributed by atoms with Crippen LogP contribution in [0.2, 0.25) is 0 Å². The molecule has 25 heavy (non-hydrogen) atoms. The number of carbonyl (C=O) groups is 2. The van der Waals surface area contributed by atoms with E-state index in [0.29, 0.717) is 17.9 Å². The second-order valence-electron chi connectivity index (χ2n) is 5.36. The first-order chi connectivity index (χ1) is 12.2. The number of nitrogens with zero attached hydrogens (tertiary/aromatic N) is 3. The van der Waals surface area contributed by atoms with Gasteiger partial charge in [0.1, 0.15) is 12.4 Å². The average Bonchev–Trinajstić information content (AvgIpc) is 3.02. The number of benzene rings is 2. The lowest BCUT2D eigenvalue weighted by Crippen LogP contribution is -2.34. The molecule has 2 aromatic rings. The van der Waals surface area contributed by atoms with Crippen molar-refractivity contribution in [2.75, 3.05) is 0 Å². The minimum atomic E-state index is -0.618. The van der Waals surface area contributed by atoms with Crippen molar-refractivity contribution in [1.29, 1.82) is 0 Å². The van der Waals surface area contributed by atoms with E-state index >= 15 is 0 Å². The normalized spacial score (nSPS) is 15.8. The third kappa shape index (κ3) is 2.94. The Labute approximate surface area is 142 Å². The zero-order valence-corrected chi connectivity index (χ0v) is 13.0. The minimum Gasteiger partial charge on any atom is -0.488 e. The van der Waals surface area contributed by atoms with Crippen LogP contribution in [-0.4, -0.2) is 29.3 Å². The van der Waals surface area contributed by atoms with Gasteiger partial charge in [0.05, 0.1) is 5.56 Å². The zero-order chi connectivity index (χ0) is 17.2. The van der Waals surface area contributed by atoms with Crippen LogP contribution in [0.1, 0.15) is 11.1 Å². The van der Waals surface area contributed by atoms with E-state index in [0.717, 1.165) is 5.56 Å². The number of amidine groups is 2. The summed E-state index contributed by atoms with van der Waals surface area (Å²) in [7, 11) is 0. The molecule has 0 aliphatic carbocycles. The fraction of sp³-hybridized carbons (Fsp3) is 0.0556. The average molecular weight is 332 g/mol. The maximum absolute atomic E-state index is 12.1. The third-order valence-electron chi connectivity index (χ3n) is 3.66. The molecule has 0 aromatic heterocycles. The monoisotopic (exact) mass is 332 g/mol. The highest BCUT2D eigenvalue weighted by Crippen LogP contribution is 2.22. The molecule has 7 nitrogen and oxygen atoms in total. The maximum Gasteiger partial charge on any atom is 0.347 e. The number of amides is 3. The summed E-state index contributed by atoms with van der Waals surface area (Å²) < 4.78 is 5.87. The number of para-hydroxylation sites is 1. The standard InChI is InChI=1S/C18H12N4O3/c23-17-14-16(22-18(24)19-14)20-15(21-17)12-8-4-5-9-13(12)25-10-11-6-2-1-3-7-11/h1-9H,10H2,(H,20,21,22,23,24). The Balaban J connectivity index is 1.63. The topological polar surface area (TPSA) is 92.5 Å². The van der Waals surface area contributed by atoms with Crippen LogP contribution in [0.25, 0.3) is 0 Å². The number of hydrogen-bond donors (Lipinski definition) is 1. The largest absolute Gasteiger partial charge is 0.488 e. The second-order valence-corrected chi connectivity index (χ2v) is 5.36. The van der Waals surface area contributed by atoms with Crippen LogP contribution >= 0.6 is 0 Å². The molecule has 1 N–H and O–H groups in total. The molecule has 2 heterocycles. The predicted molar refractivity (Wildman–Crippen MR) is 92.2 cm³/mol. The first kappa shape index (κ1) is 14.9. The van der Waals surface area contributed by atoms with Crippen molar-refractivity contribution in [1.82, 2.24) is 5.32 Å². The first-order valence-corrected chi connectivity index (χ1v) is 7.58. The predicted octanol–water partition coefficient (Wildman–Crippen LogP) is 2.12. The zero-order valence-electron chi connectivity index (χ0n) is 13.0. The van der Waals surface area contributed by atoms with Crippen molar-refractivity contribution in [3.8, 4) is 5.75 Å². The quantitative estimate of drug-likeness (QED) is 0.929. The summed E-state index contributed by atoms with van der Waals surface area (Å²) in [6.45, 7) is 0.374. The Bertz CT molecular complexity index is 961. The molecule has 2 aromatic carbocycles. The highest BCUT2D eigenvalue weighted by molar-refractivity contribution is 6.72. The van der Waals surface area contributed by atoms with E-state index in [2.05, 4.69) is 20.3 Å². The van der Waals surface area contributed by atoms with Crippen LogP contribution in [0.15, 0.2) is 69.6 Å². The molecule has 0 saturated heterocycles. The van der Waals surface area contributed by atoms with Crippen LogP contribution in [0.4, 0.5) is 4.79 Å². The molecule has 3 amide bonds. The van der Waals surface area contributed by atoms with E-state index < -0.39 is 11.9 Å². The molecule has 122 valence electrons. The van der Waals surface area contributed by atoms with Gasteiger partial charge in [0, 0.05) is 0 Å². The van der Waals surface area contributed by atoms with Gasteiger partial charge in [-0.25, -0.2) is 9.79 Å².